The molecule has 0 spiro atoms. The summed E-state index contributed by atoms with van der Waals surface area (Å²) >= 11 is 0. The Morgan fingerprint density at radius 1 is 1.38 bits per heavy atom. The van der Waals surface area contributed by atoms with Crippen molar-refractivity contribution < 1.29 is 9.59 Å². The minimum atomic E-state index is -0.233. The molecular weight excluding hydrogens is 304 g/mol. The highest BCUT2D eigenvalue weighted by Gasteiger charge is 2.30. The van der Waals surface area contributed by atoms with E-state index in [9.17, 15) is 9.59 Å². The van der Waals surface area contributed by atoms with E-state index in [2.05, 4.69) is 27.6 Å². The minimum absolute atomic E-state index is 0.103. The number of likely N-dealkylation sites (tertiary alicyclic amines) is 1. The van der Waals surface area contributed by atoms with E-state index in [4.69, 9.17) is 0 Å². The fraction of sp³-hybridized carbons (Fsp3) is 0.389. The van der Waals surface area contributed by atoms with Crippen LogP contribution < -0.4 is 5.32 Å². The van der Waals surface area contributed by atoms with E-state index in [0.717, 1.165) is 25.1 Å². The van der Waals surface area contributed by atoms with E-state index in [0.29, 0.717) is 18.7 Å². The summed E-state index contributed by atoms with van der Waals surface area (Å²) in [6, 6.07) is 11.8. The third-order valence-electron chi connectivity index (χ3n) is 4.22. The van der Waals surface area contributed by atoms with E-state index in [1.54, 1.807) is 6.07 Å². The zero-order valence-electron chi connectivity index (χ0n) is 13.8. The Morgan fingerprint density at radius 3 is 2.88 bits per heavy atom. The molecule has 0 saturated carbocycles. The number of nitrogens with one attached hydrogen (secondary N) is 2. The van der Waals surface area contributed by atoms with Gasteiger partial charge in [0, 0.05) is 25.2 Å². The van der Waals surface area contributed by atoms with Crippen LogP contribution in [0, 0.1) is 6.92 Å². The molecule has 3 rings (SSSR count). The number of benzene rings is 1. The molecule has 2 aromatic rings. The molecule has 6 heteroatoms. The number of hydrogen-bond donors (Lipinski definition) is 2. The highest BCUT2D eigenvalue weighted by atomic mass is 16.2. The van der Waals surface area contributed by atoms with Gasteiger partial charge in [-0.2, -0.15) is 5.10 Å². The second-order valence-electron chi connectivity index (χ2n) is 6.24. The van der Waals surface area contributed by atoms with Crippen LogP contribution in [0.2, 0.25) is 0 Å². The van der Waals surface area contributed by atoms with Crippen LogP contribution in [0.3, 0.4) is 0 Å². The number of H-pyrrole nitrogens is 1. The first-order chi connectivity index (χ1) is 11.6. The first-order valence-corrected chi connectivity index (χ1v) is 8.26. The molecule has 1 aromatic carbocycles. The van der Waals surface area contributed by atoms with Crippen LogP contribution in [0.4, 0.5) is 0 Å². The van der Waals surface area contributed by atoms with Crippen molar-refractivity contribution in [2.24, 2.45) is 0 Å². The van der Waals surface area contributed by atoms with Gasteiger partial charge in [0.05, 0.1) is 6.04 Å². The molecule has 1 atom stereocenters. The molecule has 1 fully saturated rings. The van der Waals surface area contributed by atoms with Crippen molar-refractivity contribution in [1.29, 1.82) is 0 Å². The number of aromatic nitrogens is 2. The molecule has 6 nitrogen and oxygen atoms in total. The van der Waals surface area contributed by atoms with Crippen LogP contribution in [0.5, 0.6) is 0 Å². The molecule has 1 saturated heterocycles. The summed E-state index contributed by atoms with van der Waals surface area (Å²) in [5.74, 6) is -0.130. The largest absolute Gasteiger partial charge is 0.346 e. The summed E-state index contributed by atoms with van der Waals surface area (Å²) in [6.07, 6.45) is 2.24. The minimum Gasteiger partial charge on any atom is -0.346 e. The zero-order chi connectivity index (χ0) is 16.9. The van der Waals surface area contributed by atoms with E-state index in [-0.39, 0.29) is 17.9 Å². The fourth-order valence-corrected chi connectivity index (χ4v) is 3.00. The highest BCUT2D eigenvalue weighted by Crippen LogP contribution is 2.13. The van der Waals surface area contributed by atoms with Crippen molar-refractivity contribution in [3.63, 3.8) is 0 Å². The Kier molecular flexibility index (Phi) is 4.93. The second-order valence-corrected chi connectivity index (χ2v) is 6.24. The molecule has 0 radical (unpaired) electrons. The fourth-order valence-electron chi connectivity index (χ4n) is 3.00. The van der Waals surface area contributed by atoms with Crippen molar-refractivity contribution in [3.8, 4) is 0 Å². The van der Waals surface area contributed by atoms with E-state index in [1.165, 1.54) is 5.56 Å². The van der Waals surface area contributed by atoms with Gasteiger partial charge >= 0.3 is 0 Å². The molecule has 1 aliphatic rings. The van der Waals surface area contributed by atoms with Crippen molar-refractivity contribution >= 4 is 11.8 Å². The van der Waals surface area contributed by atoms with Gasteiger partial charge in [-0.3, -0.25) is 14.7 Å². The molecule has 0 aliphatic carbocycles. The lowest BCUT2D eigenvalue weighted by Gasteiger charge is -2.16. The van der Waals surface area contributed by atoms with Gasteiger partial charge in [0.15, 0.2) is 0 Å². The lowest BCUT2D eigenvalue weighted by Crippen LogP contribution is -2.37. The maximum absolute atomic E-state index is 12.1. The standard InChI is InChI=1S/C18H22N4O2/c1-13-10-16(21-20-13)18(24)19-15-11-17(23)22(12-15)9-5-8-14-6-3-2-4-7-14/h2-4,6-7,10,15H,5,8-9,11-12H2,1H3,(H,19,24)(H,20,21). The van der Waals surface area contributed by atoms with Crippen molar-refractivity contribution in [2.45, 2.75) is 32.2 Å². The summed E-state index contributed by atoms with van der Waals surface area (Å²) in [5, 5.41) is 9.58. The topological polar surface area (TPSA) is 78.1 Å². The number of carbonyl (C=O) groups excluding carboxylic acids is 2. The van der Waals surface area contributed by atoms with Crippen molar-refractivity contribution in [2.75, 3.05) is 13.1 Å². The first-order valence-electron chi connectivity index (χ1n) is 8.26. The number of hydrogen-bond acceptors (Lipinski definition) is 3. The third-order valence-corrected chi connectivity index (χ3v) is 4.22. The first kappa shape index (κ1) is 16.2. The van der Waals surface area contributed by atoms with Gasteiger partial charge in [0.25, 0.3) is 5.91 Å². The zero-order valence-corrected chi connectivity index (χ0v) is 13.8. The summed E-state index contributed by atoms with van der Waals surface area (Å²) in [7, 11) is 0. The smallest absolute Gasteiger partial charge is 0.272 e. The van der Waals surface area contributed by atoms with Crippen LogP contribution in [0.1, 0.15) is 34.6 Å². The van der Waals surface area contributed by atoms with Gasteiger partial charge in [0.1, 0.15) is 5.69 Å². The Labute approximate surface area is 141 Å². The van der Waals surface area contributed by atoms with Gasteiger partial charge in [-0.1, -0.05) is 30.3 Å². The van der Waals surface area contributed by atoms with Gasteiger partial charge < -0.3 is 10.2 Å². The lowest BCUT2D eigenvalue weighted by atomic mass is 10.1. The molecule has 126 valence electrons. The molecule has 1 unspecified atom stereocenters. The SMILES string of the molecule is Cc1cc(C(=O)NC2CC(=O)N(CCCc3ccccc3)C2)n[nH]1. The Bertz CT molecular complexity index is 711. The van der Waals surface area contributed by atoms with Crippen LogP contribution in [-0.4, -0.2) is 46.0 Å². The van der Waals surface area contributed by atoms with Crippen LogP contribution >= 0.6 is 0 Å². The number of amides is 2. The number of aromatic amines is 1. The highest BCUT2D eigenvalue weighted by molar-refractivity contribution is 5.93. The molecule has 1 aromatic heterocycles. The van der Waals surface area contributed by atoms with E-state index in [1.807, 2.05) is 30.0 Å². The maximum atomic E-state index is 12.1. The number of aryl methyl sites for hydroxylation is 2. The van der Waals surface area contributed by atoms with Crippen LogP contribution in [-0.2, 0) is 11.2 Å². The van der Waals surface area contributed by atoms with Gasteiger partial charge in [0.2, 0.25) is 5.91 Å². The molecular formula is C18H22N4O2. The van der Waals surface area contributed by atoms with Crippen LogP contribution in [0.15, 0.2) is 36.4 Å². The van der Waals surface area contributed by atoms with E-state index < -0.39 is 0 Å². The second kappa shape index (κ2) is 7.29. The molecule has 2 amide bonds. The van der Waals surface area contributed by atoms with Crippen LogP contribution in [0.25, 0.3) is 0 Å². The monoisotopic (exact) mass is 326 g/mol. The predicted octanol–water partition coefficient (Wildman–Crippen LogP) is 1.68. The lowest BCUT2D eigenvalue weighted by molar-refractivity contribution is -0.127. The van der Waals surface area contributed by atoms with Gasteiger partial charge in [-0.15, -0.1) is 0 Å². The average Bonchev–Trinajstić information content (AvgIpc) is 3.15. The number of carbonyl (C=O) groups is 2. The number of nitrogens with zero attached hydrogens (tertiary/aromatic N) is 2. The Balaban J connectivity index is 1.46. The number of rotatable bonds is 6. The quantitative estimate of drug-likeness (QED) is 0.848. The van der Waals surface area contributed by atoms with Crippen molar-refractivity contribution in [1.82, 2.24) is 20.4 Å². The van der Waals surface area contributed by atoms with E-state index >= 15 is 0 Å². The summed E-state index contributed by atoms with van der Waals surface area (Å²) in [4.78, 5) is 26.0. The molecule has 2 heterocycles. The molecule has 2 N–H and O–H groups in total. The Hall–Kier alpha value is -2.63. The summed E-state index contributed by atoms with van der Waals surface area (Å²) in [6.45, 7) is 3.14. The maximum Gasteiger partial charge on any atom is 0.272 e. The Morgan fingerprint density at radius 2 is 2.17 bits per heavy atom. The van der Waals surface area contributed by atoms with Gasteiger partial charge in [-0.25, -0.2) is 0 Å². The third kappa shape index (κ3) is 4.01. The van der Waals surface area contributed by atoms with Gasteiger partial charge in [-0.05, 0) is 31.4 Å². The normalized spacial score (nSPS) is 17.3. The van der Waals surface area contributed by atoms with Crippen molar-refractivity contribution in [3.05, 3.63) is 53.3 Å². The predicted molar refractivity (Wildman–Crippen MR) is 90.5 cm³/mol. The average molecular weight is 326 g/mol. The molecule has 24 heavy (non-hydrogen) atoms. The molecule has 0 bridgehead atoms. The summed E-state index contributed by atoms with van der Waals surface area (Å²) in [5.41, 5.74) is 2.48. The summed E-state index contributed by atoms with van der Waals surface area (Å²) < 4.78 is 0. The molecule has 1 aliphatic heterocycles.